The molecule has 0 fully saturated rings. The lowest BCUT2D eigenvalue weighted by Crippen LogP contribution is -1.95. The molecule has 0 unspecified atom stereocenters. The fourth-order valence-corrected chi connectivity index (χ4v) is 1.68. The van der Waals surface area contributed by atoms with Crippen molar-refractivity contribution in [2.75, 3.05) is 0 Å². The molecule has 0 aliphatic rings. The van der Waals surface area contributed by atoms with Crippen LogP contribution in [0.5, 0.6) is 0 Å². The number of nitrogens with zero attached hydrogens (tertiary/aromatic N) is 2. The Morgan fingerprint density at radius 2 is 1.55 bits per heavy atom. The zero-order valence-corrected chi connectivity index (χ0v) is 10.5. The van der Waals surface area contributed by atoms with E-state index >= 15 is 0 Å². The largest absolute Gasteiger partial charge is 0.618 e. The highest BCUT2D eigenvalue weighted by molar-refractivity contribution is 5.77. The summed E-state index contributed by atoms with van der Waals surface area (Å²) in [5.41, 5.74) is 0.962. The van der Waals surface area contributed by atoms with E-state index in [-0.39, 0.29) is 5.69 Å². The van der Waals surface area contributed by atoms with Gasteiger partial charge in [0, 0.05) is 24.3 Å². The van der Waals surface area contributed by atoms with E-state index in [4.69, 9.17) is 0 Å². The maximum Gasteiger partial charge on any atom is 0.276 e. The zero-order chi connectivity index (χ0) is 14.4. The van der Waals surface area contributed by atoms with Crippen LogP contribution in [0.4, 0.5) is 11.4 Å². The maximum absolute atomic E-state index is 11.7. The first kappa shape index (κ1) is 13.5. The molecule has 0 aliphatic heterocycles. The van der Waals surface area contributed by atoms with Gasteiger partial charge in [0.15, 0.2) is 6.21 Å². The normalized spacial score (nSPS) is 11.7. The topological polar surface area (TPSA) is 69.2 Å². The molecule has 0 radical (unpaired) electrons. The highest BCUT2D eigenvalue weighted by atomic mass is 16.6. The van der Waals surface area contributed by atoms with Gasteiger partial charge in [-0.15, -0.1) is 0 Å². The standard InChI is InChI=1S/C15H12N2O3/c18-16(14-9-2-1-3-10-14)12-6-8-13-7-4-5-11-15(13)17(19)20/h1-12H/b8-6+,16-12-. The Morgan fingerprint density at radius 1 is 0.900 bits per heavy atom. The molecule has 2 aromatic rings. The lowest BCUT2D eigenvalue weighted by atomic mass is 10.1. The minimum Gasteiger partial charge on any atom is -0.618 e. The van der Waals surface area contributed by atoms with E-state index in [0.29, 0.717) is 16.0 Å². The number of hydrogen-bond acceptors (Lipinski definition) is 3. The molecule has 0 aromatic heterocycles. The molecule has 100 valence electrons. The Bertz CT molecular complexity index is 664. The Labute approximate surface area is 115 Å². The lowest BCUT2D eigenvalue weighted by Gasteiger charge is -2.00. The predicted molar refractivity (Wildman–Crippen MR) is 77.9 cm³/mol. The number of benzene rings is 2. The van der Waals surface area contributed by atoms with Crippen molar-refractivity contribution < 1.29 is 9.66 Å². The number of nitro groups is 1. The summed E-state index contributed by atoms with van der Waals surface area (Å²) < 4.78 is 0.700. The third kappa shape index (κ3) is 3.29. The minimum absolute atomic E-state index is 0.00862. The molecule has 0 atom stereocenters. The van der Waals surface area contributed by atoms with E-state index in [1.807, 2.05) is 6.07 Å². The number of allylic oxidation sites excluding steroid dienone is 1. The fraction of sp³-hybridized carbons (Fsp3) is 0. The van der Waals surface area contributed by atoms with E-state index in [9.17, 15) is 15.3 Å². The minimum atomic E-state index is -0.453. The molecular weight excluding hydrogens is 256 g/mol. The fourth-order valence-electron chi connectivity index (χ4n) is 1.68. The third-order valence-corrected chi connectivity index (χ3v) is 2.64. The first-order valence-corrected chi connectivity index (χ1v) is 5.95. The second-order valence-corrected chi connectivity index (χ2v) is 3.99. The van der Waals surface area contributed by atoms with Crippen molar-refractivity contribution in [1.82, 2.24) is 0 Å². The first-order valence-electron chi connectivity index (χ1n) is 5.95. The summed E-state index contributed by atoms with van der Waals surface area (Å²) in [6, 6.07) is 15.1. The molecule has 0 heterocycles. The SMILES string of the molecule is O=[N+]([O-])c1ccccc1/C=C/C=[N+](\[O-])c1ccccc1. The van der Waals surface area contributed by atoms with Crippen molar-refractivity contribution in [3.05, 3.63) is 81.6 Å². The van der Waals surface area contributed by atoms with Gasteiger partial charge in [0.1, 0.15) is 0 Å². The molecule has 5 heteroatoms. The quantitative estimate of drug-likeness (QED) is 0.280. The van der Waals surface area contributed by atoms with E-state index < -0.39 is 4.92 Å². The molecule has 2 rings (SSSR count). The highest BCUT2D eigenvalue weighted by Crippen LogP contribution is 2.18. The van der Waals surface area contributed by atoms with Crippen LogP contribution < -0.4 is 0 Å². The first-order chi connectivity index (χ1) is 9.68. The van der Waals surface area contributed by atoms with Crippen LogP contribution in [0.2, 0.25) is 0 Å². The average molecular weight is 268 g/mol. The molecule has 0 N–H and O–H groups in total. The molecule has 0 bridgehead atoms. The van der Waals surface area contributed by atoms with Crippen molar-refractivity contribution in [2.45, 2.75) is 0 Å². The Hall–Kier alpha value is -2.95. The van der Waals surface area contributed by atoms with Gasteiger partial charge < -0.3 is 5.21 Å². The molecule has 0 aliphatic carbocycles. The number of hydrogen-bond donors (Lipinski definition) is 0. The number of rotatable bonds is 4. The van der Waals surface area contributed by atoms with Crippen LogP contribution in [0.3, 0.4) is 0 Å². The van der Waals surface area contributed by atoms with Crippen molar-refractivity contribution in [1.29, 1.82) is 0 Å². The summed E-state index contributed by atoms with van der Waals surface area (Å²) in [6.45, 7) is 0. The van der Waals surface area contributed by atoms with E-state index in [1.54, 1.807) is 42.5 Å². The second-order valence-electron chi connectivity index (χ2n) is 3.99. The van der Waals surface area contributed by atoms with Gasteiger partial charge in [-0.25, -0.2) is 0 Å². The van der Waals surface area contributed by atoms with Gasteiger partial charge in [0.2, 0.25) is 5.69 Å². The van der Waals surface area contributed by atoms with Crippen molar-refractivity contribution >= 4 is 23.7 Å². The van der Waals surface area contributed by atoms with Crippen molar-refractivity contribution in [2.24, 2.45) is 0 Å². The summed E-state index contributed by atoms with van der Waals surface area (Å²) >= 11 is 0. The van der Waals surface area contributed by atoms with E-state index in [0.717, 1.165) is 0 Å². The molecule has 5 nitrogen and oxygen atoms in total. The van der Waals surface area contributed by atoms with Gasteiger partial charge in [0.25, 0.3) is 5.69 Å². The second kappa shape index (κ2) is 6.29. The van der Waals surface area contributed by atoms with Crippen molar-refractivity contribution in [3.8, 4) is 0 Å². The monoisotopic (exact) mass is 268 g/mol. The summed E-state index contributed by atoms with van der Waals surface area (Å²) in [7, 11) is 0. The molecular formula is C15H12N2O3. The van der Waals surface area contributed by atoms with Gasteiger partial charge >= 0.3 is 0 Å². The van der Waals surface area contributed by atoms with Crippen LogP contribution in [-0.4, -0.2) is 15.9 Å². The Morgan fingerprint density at radius 3 is 2.25 bits per heavy atom. The van der Waals surface area contributed by atoms with Crippen LogP contribution in [0.25, 0.3) is 6.08 Å². The lowest BCUT2D eigenvalue weighted by molar-refractivity contribution is -0.385. The maximum atomic E-state index is 11.7. The van der Waals surface area contributed by atoms with Crippen LogP contribution in [0.1, 0.15) is 5.56 Å². The molecule has 0 spiro atoms. The highest BCUT2D eigenvalue weighted by Gasteiger charge is 2.08. The Kier molecular flexibility index (Phi) is 4.24. The summed E-state index contributed by atoms with van der Waals surface area (Å²) in [6.07, 6.45) is 4.33. The zero-order valence-electron chi connectivity index (χ0n) is 10.5. The summed E-state index contributed by atoms with van der Waals surface area (Å²) in [5, 5.41) is 22.6. The van der Waals surface area contributed by atoms with Crippen LogP contribution in [-0.2, 0) is 0 Å². The van der Waals surface area contributed by atoms with Gasteiger partial charge in [-0.1, -0.05) is 30.3 Å². The van der Waals surface area contributed by atoms with E-state index in [2.05, 4.69) is 0 Å². The average Bonchev–Trinajstić information content (AvgIpc) is 2.48. The van der Waals surface area contributed by atoms with Gasteiger partial charge in [0.05, 0.1) is 10.5 Å². The third-order valence-electron chi connectivity index (χ3n) is 2.64. The van der Waals surface area contributed by atoms with E-state index in [1.165, 1.54) is 24.4 Å². The molecule has 20 heavy (non-hydrogen) atoms. The van der Waals surface area contributed by atoms with Crippen LogP contribution in [0.15, 0.2) is 60.7 Å². The Balaban J connectivity index is 2.21. The predicted octanol–water partition coefficient (Wildman–Crippen LogP) is 3.52. The van der Waals surface area contributed by atoms with Crippen LogP contribution >= 0.6 is 0 Å². The van der Waals surface area contributed by atoms with Crippen molar-refractivity contribution in [3.63, 3.8) is 0 Å². The molecule has 0 amide bonds. The van der Waals surface area contributed by atoms with Gasteiger partial charge in [-0.05, 0) is 12.1 Å². The van der Waals surface area contributed by atoms with Gasteiger partial charge in [-0.2, -0.15) is 4.74 Å². The summed E-state index contributed by atoms with van der Waals surface area (Å²) in [4.78, 5) is 10.4. The van der Waals surface area contributed by atoms with Crippen LogP contribution in [0, 0.1) is 15.3 Å². The number of para-hydroxylation sites is 2. The van der Waals surface area contributed by atoms with Gasteiger partial charge in [-0.3, -0.25) is 10.1 Å². The summed E-state index contributed by atoms with van der Waals surface area (Å²) in [5.74, 6) is 0. The number of nitro benzene ring substituents is 1. The molecule has 0 saturated carbocycles. The molecule has 2 aromatic carbocycles. The smallest absolute Gasteiger partial charge is 0.276 e. The molecule has 0 saturated heterocycles.